The van der Waals surface area contributed by atoms with E-state index in [-0.39, 0.29) is 11.6 Å². The second-order valence-electron chi connectivity index (χ2n) is 4.24. The largest absolute Gasteiger partial charge is 0.454 e. The predicted molar refractivity (Wildman–Crippen MR) is 70.4 cm³/mol. The van der Waals surface area contributed by atoms with E-state index in [2.05, 4.69) is 5.32 Å². The molecule has 4 heteroatoms. The van der Waals surface area contributed by atoms with Gasteiger partial charge in [-0.1, -0.05) is 18.2 Å². The number of halogens is 2. The van der Waals surface area contributed by atoms with Crippen LogP contribution in [0.4, 0.5) is 8.78 Å². The maximum atomic E-state index is 13.9. The Morgan fingerprint density at radius 2 is 1.74 bits per heavy atom. The van der Waals surface area contributed by atoms with Crippen molar-refractivity contribution < 1.29 is 13.5 Å². The third-order valence-electron chi connectivity index (χ3n) is 2.81. The summed E-state index contributed by atoms with van der Waals surface area (Å²) >= 11 is 0. The highest BCUT2D eigenvalue weighted by molar-refractivity contribution is 5.40. The molecule has 2 aromatic carbocycles. The molecule has 1 N–H and O–H groups in total. The van der Waals surface area contributed by atoms with E-state index in [4.69, 9.17) is 4.74 Å². The topological polar surface area (TPSA) is 21.3 Å². The monoisotopic (exact) mass is 263 g/mol. The summed E-state index contributed by atoms with van der Waals surface area (Å²) in [5.74, 6) is -0.385. The van der Waals surface area contributed by atoms with E-state index in [0.717, 1.165) is 0 Å². The first kappa shape index (κ1) is 13.5. The van der Waals surface area contributed by atoms with E-state index in [0.29, 0.717) is 23.4 Å². The van der Waals surface area contributed by atoms with Crippen molar-refractivity contribution in [3.05, 3.63) is 59.2 Å². The molecule has 2 aromatic rings. The lowest BCUT2D eigenvalue weighted by Crippen LogP contribution is -2.08. The summed E-state index contributed by atoms with van der Waals surface area (Å²) in [6.07, 6.45) is 0. The van der Waals surface area contributed by atoms with Gasteiger partial charge in [-0.15, -0.1) is 0 Å². The summed E-state index contributed by atoms with van der Waals surface area (Å²) in [5.41, 5.74) is 0.870. The zero-order valence-corrected chi connectivity index (χ0v) is 10.8. The molecule has 0 aliphatic heterocycles. The van der Waals surface area contributed by atoms with Crippen LogP contribution in [-0.4, -0.2) is 7.05 Å². The molecule has 0 radical (unpaired) electrons. The summed E-state index contributed by atoms with van der Waals surface area (Å²) in [5, 5.41) is 2.86. The standard InChI is InChI=1S/C15H15F2NO/c1-10-5-3-8-14(15(10)17)19-13-7-4-6-12(16)11(13)9-18-2/h3-8,18H,9H2,1-2H3. The molecule has 0 bridgehead atoms. The fourth-order valence-electron chi connectivity index (χ4n) is 1.80. The van der Waals surface area contributed by atoms with Crippen molar-refractivity contribution in [3.8, 4) is 11.5 Å². The van der Waals surface area contributed by atoms with Gasteiger partial charge in [-0.3, -0.25) is 0 Å². The normalized spacial score (nSPS) is 10.5. The first-order valence-electron chi connectivity index (χ1n) is 5.98. The van der Waals surface area contributed by atoms with E-state index in [9.17, 15) is 8.78 Å². The number of hydrogen-bond donors (Lipinski definition) is 1. The summed E-state index contributed by atoms with van der Waals surface area (Å²) < 4.78 is 33.1. The van der Waals surface area contributed by atoms with Crippen molar-refractivity contribution >= 4 is 0 Å². The minimum absolute atomic E-state index is 0.1000. The highest BCUT2D eigenvalue weighted by atomic mass is 19.1. The molecule has 0 atom stereocenters. The van der Waals surface area contributed by atoms with Gasteiger partial charge in [-0.2, -0.15) is 0 Å². The molecule has 0 aliphatic rings. The van der Waals surface area contributed by atoms with Crippen LogP contribution in [0.1, 0.15) is 11.1 Å². The Hall–Kier alpha value is -1.94. The molecule has 0 heterocycles. The minimum Gasteiger partial charge on any atom is -0.454 e. The van der Waals surface area contributed by atoms with E-state index < -0.39 is 5.82 Å². The Morgan fingerprint density at radius 1 is 1.05 bits per heavy atom. The van der Waals surface area contributed by atoms with Crippen LogP contribution in [0.2, 0.25) is 0 Å². The second-order valence-corrected chi connectivity index (χ2v) is 4.24. The zero-order chi connectivity index (χ0) is 13.8. The van der Waals surface area contributed by atoms with Gasteiger partial charge >= 0.3 is 0 Å². The van der Waals surface area contributed by atoms with E-state index in [1.807, 2.05) is 0 Å². The van der Waals surface area contributed by atoms with Crippen LogP contribution in [0, 0.1) is 18.6 Å². The SMILES string of the molecule is CNCc1c(F)cccc1Oc1cccc(C)c1F. The molecule has 0 spiro atoms. The molecule has 0 unspecified atom stereocenters. The average Bonchev–Trinajstić information content (AvgIpc) is 2.39. The third kappa shape index (κ3) is 2.90. The molecule has 2 rings (SSSR count). The lowest BCUT2D eigenvalue weighted by Gasteiger charge is -2.13. The number of benzene rings is 2. The quantitative estimate of drug-likeness (QED) is 0.906. The first-order chi connectivity index (χ1) is 9.13. The Morgan fingerprint density at radius 3 is 2.47 bits per heavy atom. The highest BCUT2D eigenvalue weighted by Crippen LogP contribution is 2.29. The van der Waals surface area contributed by atoms with Gasteiger partial charge in [-0.25, -0.2) is 8.78 Å². The van der Waals surface area contributed by atoms with Crippen molar-refractivity contribution in [3.63, 3.8) is 0 Å². The zero-order valence-electron chi connectivity index (χ0n) is 10.8. The molecular weight excluding hydrogens is 248 g/mol. The number of rotatable bonds is 4. The fraction of sp³-hybridized carbons (Fsp3) is 0.200. The van der Waals surface area contributed by atoms with Gasteiger partial charge in [0.15, 0.2) is 11.6 Å². The molecule has 0 aromatic heterocycles. The maximum Gasteiger partial charge on any atom is 0.168 e. The minimum atomic E-state index is -0.429. The van der Waals surface area contributed by atoms with Crippen molar-refractivity contribution in [2.24, 2.45) is 0 Å². The van der Waals surface area contributed by atoms with Gasteiger partial charge in [0.2, 0.25) is 0 Å². The van der Waals surface area contributed by atoms with Crippen molar-refractivity contribution in [1.29, 1.82) is 0 Å². The van der Waals surface area contributed by atoms with Crippen molar-refractivity contribution in [2.45, 2.75) is 13.5 Å². The van der Waals surface area contributed by atoms with E-state index in [1.54, 1.807) is 32.2 Å². The molecule has 2 nitrogen and oxygen atoms in total. The molecule has 19 heavy (non-hydrogen) atoms. The predicted octanol–water partition coefficient (Wildman–Crippen LogP) is 3.78. The van der Waals surface area contributed by atoms with Crippen LogP contribution in [0.15, 0.2) is 36.4 Å². The molecular formula is C15H15F2NO. The summed E-state index contributed by atoms with van der Waals surface area (Å²) in [7, 11) is 1.71. The molecule has 0 fully saturated rings. The second kappa shape index (κ2) is 5.80. The lowest BCUT2D eigenvalue weighted by molar-refractivity contribution is 0.429. The van der Waals surface area contributed by atoms with Crippen molar-refractivity contribution in [2.75, 3.05) is 7.05 Å². The van der Waals surface area contributed by atoms with Crippen LogP contribution in [0.5, 0.6) is 11.5 Å². The van der Waals surface area contributed by atoms with Gasteiger partial charge in [-0.05, 0) is 37.7 Å². The third-order valence-corrected chi connectivity index (χ3v) is 2.81. The van der Waals surface area contributed by atoms with Crippen LogP contribution >= 0.6 is 0 Å². The summed E-state index contributed by atoms with van der Waals surface area (Å²) in [6, 6.07) is 9.39. The number of nitrogens with one attached hydrogen (secondary N) is 1. The number of hydrogen-bond acceptors (Lipinski definition) is 2. The number of aryl methyl sites for hydroxylation is 1. The van der Waals surface area contributed by atoms with Gasteiger partial charge in [0, 0.05) is 12.1 Å². The Kier molecular flexibility index (Phi) is 4.12. The summed E-state index contributed by atoms with van der Waals surface area (Å²) in [6.45, 7) is 1.97. The first-order valence-corrected chi connectivity index (χ1v) is 5.98. The molecule has 0 amide bonds. The Balaban J connectivity index is 2.38. The smallest absolute Gasteiger partial charge is 0.168 e. The van der Waals surface area contributed by atoms with E-state index >= 15 is 0 Å². The van der Waals surface area contributed by atoms with Gasteiger partial charge in [0.05, 0.1) is 0 Å². The van der Waals surface area contributed by atoms with Gasteiger partial charge in [0.25, 0.3) is 0 Å². The van der Waals surface area contributed by atoms with Crippen LogP contribution in [-0.2, 0) is 6.54 Å². The van der Waals surface area contributed by atoms with Crippen LogP contribution in [0.25, 0.3) is 0 Å². The number of ether oxygens (including phenoxy) is 1. The lowest BCUT2D eigenvalue weighted by atomic mass is 10.1. The van der Waals surface area contributed by atoms with E-state index in [1.165, 1.54) is 18.2 Å². The molecule has 0 saturated heterocycles. The Labute approximate surface area is 111 Å². The van der Waals surface area contributed by atoms with Gasteiger partial charge in [0.1, 0.15) is 11.6 Å². The van der Waals surface area contributed by atoms with Crippen LogP contribution in [0.3, 0.4) is 0 Å². The van der Waals surface area contributed by atoms with Gasteiger partial charge < -0.3 is 10.1 Å². The summed E-state index contributed by atoms with van der Waals surface area (Å²) in [4.78, 5) is 0. The fourth-order valence-corrected chi connectivity index (χ4v) is 1.80. The van der Waals surface area contributed by atoms with Crippen LogP contribution < -0.4 is 10.1 Å². The highest BCUT2D eigenvalue weighted by Gasteiger charge is 2.12. The molecule has 0 aliphatic carbocycles. The Bertz CT molecular complexity index is 584. The van der Waals surface area contributed by atoms with Crippen molar-refractivity contribution in [1.82, 2.24) is 5.32 Å². The molecule has 0 saturated carbocycles. The maximum absolute atomic E-state index is 13.9. The average molecular weight is 263 g/mol. The molecule has 100 valence electrons.